The summed E-state index contributed by atoms with van der Waals surface area (Å²) in [4.78, 5) is 0.190. The number of hydrogen-bond acceptors (Lipinski definition) is 3. The first-order valence-electron chi connectivity index (χ1n) is 7.25. The van der Waals surface area contributed by atoms with Crippen LogP contribution in [0.5, 0.6) is 0 Å². The van der Waals surface area contributed by atoms with Gasteiger partial charge in [-0.15, -0.1) is 0 Å². The molecular weight excluding hydrogens is 308 g/mol. The lowest BCUT2D eigenvalue weighted by molar-refractivity contribution is 0.169. The monoisotopic (exact) mass is 330 g/mol. The molecular formula is C15H23ClN2O2S. The largest absolute Gasteiger partial charge is 0.398 e. The van der Waals surface area contributed by atoms with Gasteiger partial charge in [0, 0.05) is 23.8 Å². The van der Waals surface area contributed by atoms with E-state index in [1.807, 2.05) is 0 Å². The van der Waals surface area contributed by atoms with Crippen LogP contribution in [0.4, 0.5) is 5.69 Å². The number of anilines is 1. The Labute approximate surface area is 132 Å². The average molecular weight is 331 g/mol. The Morgan fingerprint density at radius 1 is 1.33 bits per heavy atom. The van der Waals surface area contributed by atoms with Crippen molar-refractivity contribution in [2.45, 2.75) is 44.9 Å². The van der Waals surface area contributed by atoms with E-state index in [1.165, 1.54) is 12.1 Å². The number of benzene rings is 1. The van der Waals surface area contributed by atoms with Gasteiger partial charge in [-0.25, -0.2) is 8.42 Å². The highest BCUT2D eigenvalue weighted by atomic mass is 35.5. The molecule has 1 aromatic rings. The fourth-order valence-corrected chi connectivity index (χ4v) is 4.39. The van der Waals surface area contributed by atoms with Crippen LogP contribution in [0.3, 0.4) is 0 Å². The van der Waals surface area contributed by atoms with E-state index in [-0.39, 0.29) is 10.3 Å². The van der Waals surface area contributed by atoms with Gasteiger partial charge in [0.2, 0.25) is 10.0 Å². The van der Waals surface area contributed by atoms with Gasteiger partial charge in [0.15, 0.2) is 0 Å². The lowest BCUT2D eigenvalue weighted by Crippen LogP contribution is -2.41. The van der Waals surface area contributed by atoms with E-state index in [9.17, 15) is 8.42 Å². The number of nitrogens with zero attached hydrogens (tertiary/aromatic N) is 1. The first kappa shape index (κ1) is 16.6. The summed E-state index contributed by atoms with van der Waals surface area (Å²) in [7, 11) is -3.51. The second-order valence-electron chi connectivity index (χ2n) is 6.19. The van der Waals surface area contributed by atoms with E-state index in [2.05, 4.69) is 13.8 Å². The van der Waals surface area contributed by atoms with Crippen LogP contribution in [0.25, 0.3) is 0 Å². The molecule has 0 aromatic heterocycles. The molecule has 118 valence electrons. The second kappa shape index (κ2) is 5.78. The highest BCUT2D eigenvalue weighted by molar-refractivity contribution is 7.89. The maximum atomic E-state index is 12.7. The van der Waals surface area contributed by atoms with Gasteiger partial charge in [-0.1, -0.05) is 31.9 Å². The third-order valence-electron chi connectivity index (χ3n) is 4.78. The van der Waals surface area contributed by atoms with Crippen LogP contribution < -0.4 is 5.73 Å². The third kappa shape index (κ3) is 3.20. The van der Waals surface area contributed by atoms with Crippen molar-refractivity contribution in [3.8, 4) is 0 Å². The molecule has 0 aliphatic carbocycles. The van der Waals surface area contributed by atoms with Crippen molar-refractivity contribution in [2.24, 2.45) is 5.41 Å². The van der Waals surface area contributed by atoms with Gasteiger partial charge >= 0.3 is 0 Å². The molecule has 0 atom stereocenters. The molecule has 6 heteroatoms. The number of piperidine rings is 1. The smallest absolute Gasteiger partial charge is 0.243 e. The van der Waals surface area contributed by atoms with Gasteiger partial charge < -0.3 is 5.73 Å². The summed E-state index contributed by atoms with van der Waals surface area (Å²) in [6.45, 7) is 7.26. The molecule has 21 heavy (non-hydrogen) atoms. The standard InChI is InChI=1S/C15H23ClN2O2S/c1-4-15(3)5-7-18(8-6-15)21(19,20)12-9-13(16)11(2)14(17)10-12/h9-10H,4-8,17H2,1-3H3. The lowest BCUT2D eigenvalue weighted by atomic mass is 9.79. The molecule has 1 fully saturated rings. The van der Waals surface area contributed by atoms with Crippen LogP contribution in [-0.2, 0) is 10.0 Å². The van der Waals surface area contributed by atoms with Crippen LogP contribution in [-0.4, -0.2) is 25.8 Å². The van der Waals surface area contributed by atoms with Gasteiger partial charge in [-0.05, 0) is 42.9 Å². The molecule has 1 heterocycles. The summed E-state index contributed by atoms with van der Waals surface area (Å²) < 4.78 is 27.0. The molecule has 1 aromatic carbocycles. The zero-order valence-electron chi connectivity index (χ0n) is 12.8. The van der Waals surface area contributed by atoms with Crippen LogP contribution in [0.15, 0.2) is 17.0 Å². The Kier molecular flexibility index (Phi) is 4.57. The average Bonchev–Trinajstić information content (AvgIpc) is 2.44. The molecule has 0 amide bonds. The summed E-state index contributed by atoms with van der Waals surface area (Å²) >= 11 is 6.07. The van der Waals surface area contributed by atoms with Gasteiger partial charge in [0.05, 0.1) is 4.90 Å². The Morgan fingerprint density at radius 2 is 1.90 bits per heavy atom. The number of hydrogen-bond donors (Lipinski definition) is 1. The van der Waals surface area contributed by atoms with E-state index in [1.54, 1.807) is 11.2 Å². The molecule has 0 spiro atoms. The Bertz CT molecular complexity index is 612. The first-order valence-corrected chi connectivity index (χ1v) is 9.07. The highest BCUT2D eigenvalue weighted by Crippen LogP contribution is 2.36. The van der Waals surface area contributed by atoms with Crippen molar-refractivity contribution in [3.05, 3.63) is 22.7 Å². The quantitative estimate of drug-likeness (QED) is 0.863. The van der Waals surface area contributed by atoms with E-state index < -0.39 is 10.0 Å². The number of halogens is 1. The van der Waals surface area contributed by atoms with E-state index in [0.29, 0.717) is 29.4 Å². The molecule has 0 radical (unpaired) electrons. The summed E-state index contributed by atoms with van der Waals surface area (Å²) in [6, 6.07) is 3.00. The summed E-state index contributed by atoms with van der Waals surface area (Å²) in [5, 5.41) is 0.393. The maximum Gasteiger partial charge on any atom is 0.243 e. The molecule has 2 rings (SSSR count). The van der Waals surface area contributed by atoms with E-state index in [0.717, 1.165) is 19.3 Å². The summed E-state index contributed by atoms with van der Waals surface area (Å²) in [5.41, 5.74) is 7.22. The van der Waals surface area contributed by atoms with Crippen molar-refractivity contribution in [1.82, 2.24) is 4.31 Å². The maximum absolute atomic E-state index is 12.7. The van der Waals surface area contributed by atoms with Gasteiger partial charge in [0.25, 0.3) is 0 Å². The van der Waals surface area contributed by atoms with Crippen molar-refractivity contribution >= 4 is 27.3 Å². The second-order valence-corrected chi connectivity index (χ2v) is 8.53. The highest BCUT2D eigenvalue weighted by Gasteiger charge is 2.34. The van der Waals surface area contributed by atoms with Crippen LogP contribution in [0.2, 0.25) is 5.02 Å². The van der Waals surface area contributed by atoms with E-state index in [4.69, 9.17) is 17.3 Å². The normalized spacial score (nSPS) is 19.6. The minimum absolute atomic E-state index is 0.190. The lowest BCUT2D eigenvalue weighted by Gasteiger charge is -2.38. The van der Waals surface area contributed by atoms with Crippen molar-refractivity contribution < 1.29 is 8.42 Å². The number of nitrogen functional groups attached to an aromatic ring is 1. The van der Waals surface area contributed by atoms with Crippen molar-refractivity contribution in [2.75, 3.05) is 18.8 Å². The molecule has 0 saturated carbocycles. The van der Waals surface area contributed by atoms with Crippen molar-refractivity contribution in [1.29, 1.82) is 0 Å². The predicted molar refractivity (Wildman–Crippen MR) is 87.0 cm³/mol. The third-order valence-corrected chi connectivity index (χ3v) is 7.05. The molecule has 4 nitrogen and oxygen atoms in total. The number of rotatable bonds is 3. The molecule has 0 unspecified atom stereocenters. The molecule has 1 aliphatic heterocycles. The fourth-order valence-electron chi connectivity index (χ4n) is 2.59. The predicted octanol–water partition coefficient (Wildman–Crippen LogP) is 3.43. The molecule has 1 saturated heterocycles. The minimum atomic E-state index is -3.51. The Morgan fingerprint density at radius 3 is 2.38 bits per heavy atom. The number of nitrogens with two attached hydrogens (primary N) is 1. The van der Waals surface area contributed by atoms with Gasteiger partial charge in [0.1, 0.15) is 0 Å². The van der Waals surface area contributed by atoms with Crippen molar-refractivity contribution in [3.63, 3.8) is 0 Å². The fraction of sp³-hybridized carbons (Fsp3) is 0.600. The van der Waals surface area contributed by atoms with Gasteiger partial charge in [-0.2, -0.15) is 4.31 Å². The van der Waals surface area contributed by atoms with Gasteiger partial charge in [-0.3, -0.25) is 0 Å². The van der Waals surface area contributed by atoms with E-state index >= 15 is 0 Å². The summed E-state index contributed by atoms with van der Waals surface area (Å²) in [6.07, 6.45) is 2.85. The zero-order chi connectivity index (χ0) is 15.8. The number of sulfonamides is 1. The Balaban J connectivity index is 2.28. The molecule has 0 bridgehead atoms. The van der Waals surface area contributed by atoms with Crippen LogP contribution in [0, 0.1) is 12.3 Å². The molecule has 2 N–H and O–H groups in total. The van der Waals surface area contributed by atoms with Crippen LogP contribution in [0.1, 0.15) is 38.7 Å². The topological polar surface area (TPSA) is 63.4 Å². The van der Waals surface area contributed by atoms with Crippen LogP contribution >= 0.6 is 11.6 Å². The first-order chi connectivity index (χ1) is 9.69. The summed E-state index contributed by atoms with van der Waals surface area (Å²) in [5.74, 6) is 0. The SMILES string of the molecule is CCC1(C)CCN(S(=O)(=O)c2cc(N)c(C)c(Cl)c2)CC1. The zero-order valence-corrected chi connectivity index (χ0v) is 14.4. The molecule has 1 aliphatic rings. The Hall–Kier alpha value is -0.780. The minimum Gasteiger partial charge on any atom is -0.398 e.